The van der Waals surface area contributed by atoms with Gasteiger partial charge in [-0.15, -0.1) is 0 Å². The summed E-state index contributed by atoms with van der Waals surface area (Å²) in [6.07, 6.45) is 6.00. The van der Waals surface area contributed by atoms with Crippen LogP contribution in [0.15, 0.2) is 0 Å². The largest absolute Gasteiger partial charge is 0.389 e. The number of aliphatic hydroxyl groups is 1. The fraction of sp³-hybridized carbons (Fsp3) is 1.00. The van der Waals surface area contributed by atoms with E-state index < -0.39 is 5.60 Å². The van der Waals surface area contributed by atoms with E-state index in [1.807, 2.05) is 0 Å². The highest BCUT2D eigenvalue weighted by molar-refractivity contribution is 5.02. The molecule has 0 aromatic heterocycles. The van der Waals surface area contributed by atoms with Crippen molar-refractivity contribution >= 4 is 0 Å². The Kier molecular flexibility index (Phi) is 5.23. The first-order valence-corrected chi connectivity index (χ1v) is 7.88. The van der Waals surface area contributed by atoms with E-state index in [1.165, 1.54) is 6.42 Å². The molecule has 0 saturated carbocycles. The zero-order chi connectivity index (χ0) is 13.8. The van der Waals surface area contributed by atoms with Gasteiger partial charge >= 0.3 is 0 Å². The zero-order valence-corrected chi connectivity index (χ0v) is 12.4. The summed E-state index contributed by atoms with van der Waals surface area (Å²) < 4.78 is 5.66. The van der Waals surface area contributed by atoms with Gasteiger partial charge in [-0.25, -0.2) is 0 Å². The van der Waals surface area contributed by atoms with E-state index in [0.29, 0.717) is 13.2 Å². The number of hydrogen-bond acceptors (Lipinski definition) is 4. The number of nitrogens with zero attached hydrogens (tertiary/aromatic N) is 1. The molecule has 4 nitrogen and oxygen atoms in total. The number of nitrogens with two attached hydrogens (primary N) is 1. The first-order chi connectivity index (χ1) is 9.16. The van der Waals surface area contributed by atoms with Gasteiger partial charge in [-0.2, -0.15) is 0 Å². The zero-order valence-electron chi connectivity index (χ0n) is 12.4. The lowest BCUT2D eigenvalue weighted by molar-refractivity contribution is -0.149. The van der Waals surface area contributed by atoms with Crippen molar-refractivity contribution in [1.29, 1.82) is 0 Å². The number of rotatable bonds is 4. The second-order valence-corrected chi connectivity index (χ2v) is 6.37. The highest BCUT2D eigenvalue weighted by Gasteiger charge is 2.50. The second kappa shape index (κ2) is 6.53. The van der Waals surface area contributed by atoms with Crippen LogP contribution >= 0.6 is 0 Å². The van der Waals surface area contributed by atoms with Gasteiger partial charge in [0.15, 0.2) is 0 Å². The van der Waals surface area contributed by atoms with E-state index in [0.717, 1.165) is 58.3 Å². The van der Waals surface area contributed by atoms with Crippen molar-refractivity contribution in [3.63, 3.8) is 0 Å². The molecule has 2 heterocycles. The van der Waals surface area contributed by atoms with Crippen molar-refractivity contribution in [2.75, 3.05) is 39.4 Å². The molecule has 3 N–H and O–H groups in total. The molecule has 19 heavy (non-hydrogen) atoms. The first kappa shape index (κ1) is 15.2. The lowest BCUT2D eigenvalue weighted by atomic mass is 9.65. The maximum atomic E-state index is 11.2. The van der Waals surface area contributed by atoms with Gasteiger partial charge in [0.05, 0.1) is 12.2 Å². The van der Waals surface area contributed by atoms with Gasteiger partial charge in [0, 0.05) is 25.1 Å². The third-order valence-corrected chi connectivity index (χ3v) is 5.15. The summed E-state index contributed by atoms with van der Waals surface area (Å²) in [5.41, 5.74) is 5.20. The van der Waals surface area contributed by atoms with Crippen molar-refractivity contribution in [1.82, 2.24) is 4.90 Å². The molecule has 2 aliphatic heterocycles. The van der Waals surface area contributed by atoms with Crippen molar-refractivity contribution in [2.24, 2.45) is 11.1 Å². The van der Waals surface area contributed by atoms with Crippen LogP contribution in [0.25, 0.3) is 0 Å². The van der Waals surface area contributed by atoms with Gasteiger partial charge < -0.3 is 20.5 Å². The molecule has 0 bridgehead atoms. The van der Waals surface area contributed by atoms with Crippen LogP contribution in [0.2, 0.25) is 0 Å². The summed E-state index contributed by atoms with van der Waals surface area (Å²) in [5, 5.41) is 11.2. The van der Waals surface area contributed by atoms with Gasteiger partial charge in [-0.1, -0.05) is 6.92 Å². The number of ether oxygens (including phenoxy) is 1. The summed E-state index contributed by atoms with van der Waals surface area (Å²) in [5.74, 6) is 0. The van der Waals surface area contributed by atoms with Crippen LogP contribution in [-0.4, -0.2) is 55.0 Å². The highest BCUT2D eigenvalue weighted by atomic mass is 16.5. The molecule has 4 heteroatoms. The Bertz CT molecular complexity index is 279. The van der Waals surface area contributed by atoms with Crippen molar-refractivity contribution in [2.45, 2.75) is 51.0 Å². The highest BCUT2D eigenvalue weighted by Crippen LogP contribution is 2.44. The van der Waals surface area contributed by atoms with Crippen LogP contribution in [-0.2, 0) is 4.74 Å². The van der Waals surface area contributed by atoms with Crippen molar-refractivity contribution < 1.29 is 9.84 Å². The van der Waals surface area contributed by atoms with E-state index in [9.17, 15) is 5.11 Å². The standard InChI is InChI=1S/C15H30N2O2/c1-2-8-17-9-3-6-15(18,7-10-17)14(12-16)5-4-11-19-13-14/h18H,2-13,16H2,1H3. The molecular weight excluding hydrogens is 240 g/mol. The van der Waals surface area contributed by atoms with Crippen LogP contribution in [0.3, 0.4) is 0 Å². The molecule has 0 aromatic rings. The molecule has 2 saturated heterocycles. The molecule has 2 atom stereocenters. The van der Waals surface area contributed by atoms with Crippen molar-refractivity contribution in [3.05, 3.63) is 0 Å². The Labute approximate surface area is 117 Å². The summed E-state index contributed by atoms with van der Waals surface area (Å²) >= 11 is 0. The van der Waals surface area contributed by atoms with E-state index in [2.05, 4.69) is 11.8 Å². The molecule has 0 aliphatic carbocycles. The first-order valence-electron chi connectivity index (χ1n) is 7.88. The molecular formula is C15H30N2O2. The average Bonchev–Trinajstić information content (AvgIpc) is 2.63. The summed E-state index contributed by atoms with van der Waals surface area (Å²) in [6, 6.07) is 0. The third-order valence-electron chi connectivity index (χ3n) is 5.15. The topological polar surface area (TPSA) is 58.7 Å². The second-order valence-electron chi connectivity index (χ2n) is 6.37. The van der Waals surface area contributed by atoms with E-state index in [-0.39, 0.29) is 5.41 Å². The van der Waals surface area contributed by atoms with Gasteiger partial charge in [0.2, 0.25) is 0 Å². The summed E-state index contributed by atoms with van der Waals surface area (Å²) in [6.45, 7) is 7.45. The summed E-state index contributed by atoms with van der Waals surface area (Å²) in [7, 11) is 0. The molecule has 2 unspecified atom stereocenters. The molecule has 0 aromatic carbocycles. The lowest BCUT2D eigenvalue weighted by Crippen LogP contribution is -2.57. The van der Waals surface area contributed by atoms with Crippen LogP contribution in [0.5, 0.6) is 0 Å². The van der Waals surface area contributed by atoms with Gasteiger partial charge in [-0.05, 0) is 51.6 Å². The van der Waals surface area contributed by atoms with Gasteiger partial charge in [0.1, 0.15) is 0 Å². The maximum absolute atomic E-state index is 11.2. The Balaban J connectivity index is 2.07. The molecule has 2 fully saturated rings. The van der Waals surface area contributed by atoms with Crippen molar-refractivity contribution in [3.8, 4) is 0 Å². The predicted molar refractivity (Wildman–Crippen MR) is 77.1 cm³/mol. The Morgan fingerprint density at radius 1 is 1.21 bits per heavy atom. The lowest BCUT2D eigenvalue weighted by Gasteiger charge is -2.48. The molecule has 0 radical (unpaired) electrons. The fourth-order valence-electron chi connectivity index (χ4n) is 3.82. The van der Waals surface area contributed by atoms with Crippen LogP contribution in [0.4, 0.5) is 0 Å². The minimum absolute atomic E-state index is 0.215. The molecule has 0 spiro atoms. The number of likely N-dealkylation sites (tertiary alicyclic amines) is 1. The third kappa shape index (κ3) is 3.13. The molecule has 2 rings (SSSR count). The maximum Gasteiger partial charge on any atom is 0.0750 e. The quantitative estimate of drug-likeness (QED) is 0.810. The Hall–Kier alpha value is -0.160. The van der Waals surface area contributed by atoms with E-state index in [1.54, 1.807) is 0 Å². The molecule has 112 valence electrons. The normalized spacial score (nSPS) is 38.1. The Morgan fingerprint density at radius 3 is 2.68 bits per heavy atom. The minimum Gasteiger partial charge on any atom is -0.389 e. The van der Waals surface area contributed by atoms with E-state index in [4.69, 9.17) is 10.5 Å². The smallest absolute Gasteiger partial charge is 0.0750 e. The fourth-order valence-corrected chi connectivity index (χ4v) is 3.82. The average molecular weight is 270 g/mol. The van der Waals surface area contributed by atoms with Crippen LogP contribution in [0.1, 0.15) is 45.4 Å². The minimum atomic E-state index is -0.634. The SMILES string of the molecule is CCCN1CCCC(O)(C2(CN)CCCOC2)CC1. The Morgan fingerprint density at radius 2 is 2.05 bits per heavy atom. The summed E-state index contributed by atoms with van der Waals surface area (Å²) in [4.78, 5) is 2.48. The van der Waals surface area contributed by atoms with Gasteiger partial charge in [-0.3, -0.25) is 0 Å². The van der Waals surface area contributed by atoms with Gasteiger partial charge in [0.25, 0.3) is 0 Å². The number of hydrogen-bond donors (Lipinski definition) is 2. The van der Waals surface area contributed by atoms with Crippen LogP contribution in [0, 0.1) is 5.41 Å². The van der Waals surface area contributed by atoms with Crippen LogP contribution < -0.4 is 5.73 Å². The monoisotopic (exact) mass is 270 g/mol. The predicted octanol–water partition coefficient (Wildman–Crippen LogP) is 1.37. The van der Waals surface area contributed by atoms with E-state index >= 15 is 0 Å². The molecule has 2 aliphatic rings. The molecule has 0 amide bonds.